The van der Waals surface area contributed by atoms with E-state index < -0.39 is 6.10 Å². The molecule has 6 nitrogen and oxygen atoms in total. The number of esters is 1. The van der Waals surface area contributed by atoms with E-state index in [0.29, 0.717) is 6.54 Å². The molecule has 7 heteroatoms. The topological polar surface area (TPSA) is 62.2 Å². The van der Waals surface area contributed by atoms with Gasteiger partial charge in [0.2, 0.25) is 0 Å². The molecule has 2 aromatic rings. The number of methoxy groups -OCH3 is 1. The molecule has 1 spiro atoms. The van der Waals surface area contributed by atoms with Crippen LogP contribution in [0.25, 0.3) is 0 Å². The van der Waals surface area contributed by atoms with Crippen LogP contribution in [0.15, 0.2) is 42.5 Å². The molecule has 0 amide bonds. The van der Waals surface area contributed by atoms with Crippen LogP contribution in [0, 0.1) is 0 Å². The predicted octanol–water partition coefficient (Wildman–Crippen LogP) is 3.07. The van der Waals surface area contributed by atoms with E-state index >= 15 is 0 Å². The molecule has 1 unspecified atom stereocenters. The van der Waals surface area contributed by atoms with Crippen LogP contribution in [-0.2, 0) is 22.4 Å². The number of anilines is 1. The molecule has 0 aliphatic carbocycles. The van der Waals surface area contributed by atoms with Gasteiger partial charge in [-0.1, -0.05) is 29.8 Å². The Bertz CT molecular complexity index is 1010. The number of likely N-dealkylation sites (tertiary alicyclic amines) is 1. The zero-order valence-electron chi connectivity index (χ0n) is 18.3. The summed E-state index contributed by atoms with van der Waals surface area (Å²) in [7, 11) is 1.41. The van der Waals surface area contributed by atoms with Crippen molar-refractivity contribution in [2.24, 2.45) is 0 Å². The molecule has 5 rings (SSSR count). The molecule has 2 aromatic carbocycles. The Hall–Kier alpha value is -2.28. The largest absolute Gasteiger partial charge is 0.487 e. The average Bonchev–Trinajstić information content (AvgIpc) is 3.34. The molecule has 0 radical (unpaired) electrons. The number of rotatable bonds is 4. The molecule has 0 bridgehead atoms. The third-order valence-electron chi connectivity index (χ3n) is 7.19. The van der Waals surface area contributed by atoms with Crippen molar-refractivity contribution in [3.05, 3.63) is 58.6 Å². The average molecular weight is 457 g/mol. The van der Waals surface area contributed by atoms with Gasteiger partial charge in [-0.05, 0) is 35.4 Å². The van der Waals surface area contributed by atoms with E-state index in [2.05, 4.69) is 9.80 Å². The quantitative estimate of drug-likeness (QED) is 0.713. The van der Waals surface area contributed by atoms with Crippen molar-refractivity contribution in [3.8, 4) is 5.75 Å². The first-order chi connectivity index (χ1) is 15.5. The smallest absolute Gasteiger partial charge is 0.310 e. The second-order valence-electron chi connectivity index (χ2n) is 9.17. The Morgan fingerprint density at radius 2 is 2.00 bits per heavy atom. The molecular formula is C25H29ClN2O4. The number of piperidine rings is 1. The number of para-hydroxylation sites is 1. The van der Waals surface area contributed by atoms with Gasteiger partial charge in [-0.15, -0.1) is 0 Å². The van der Waals surface area contributed by atoms with E-state index in [0.717, 1.165) is 60.9 Å². The van der Waals surface area contributed by atoms with Crippen molar-refractivity contribution in [3.63, 3.8) is 0 Å². The molecule has 2 atom stereocenters. The Kier molecular flexibility index (Phi) is 5.78. The van der Waals surface area contributed by atoms with Crippen molar-refractivity contribution in [1.29, 1.82) is 0 Å². The Labute approximate surface area is 193 Å². The number of β-amino-alcohol motifs (C(OH)–C–C–N with tert-alkyl or cyclic N) is 1. The van der Waals surface area contributed by atoms with Gasteiger partial charge in [0, 0.05) is 56.2 Å². The van der Waals surface area contributed by atoms with Crippen molar-refractivity contribution in [2.45, 2.75) is 43.4 Å². The maximum Gasteiger partial charge on any atom is 0.310 e. The first-order valence-corrected chi connectivity index (χ1v) is 11.6. The predicted molar refractivity (Wildman–Crippen MR) is 123 cm³/mol. The van der Waals surface area contributed by atoms with E-state index in [1.165, 1.54) is 12.7 Å². The molecular weight excluding hydrogens is 428 g/mol. The Morgan fingerprint density at radius 3 is 2.78 bits per heavy atom. The highest BCUT2D eigenvalue weighted by molar-refractivity contribution is 6.30. The first-order valence-electron chi connectivity index (χ1n) is 11.3. The molecule has 3 aliphatic heterocycles. The van der Waals surface area contributed by atoms with Crippen LogP contribution in [-0.4, -0.2) is 67.0 Å². The summed E-state index contributed by atoms with van der Waals surface area (Å²) in [5.74, 6) is 0.700. The molecule has 32 heavy (non-hydrogen) atoms. The number of carbonyl (C=O) groups is 1. The summed E-state index contributed by atoms with van der Waals surface area (Å²) in [4.78, 5) is 16.4. The first kappa shape index (κ1) is 21.6. The van der Waals surface area contributed by atoms with Crippen molar-refractivity contribution in [1.82, 2.24) is 4.90 Å². The highest BCUT2D eigenvalue weighted by Crippen LogP contribution is 2.42. The second kappa shape index (κ2) is 8.58. The molecule has 3 heterocycles. The minimum Gasteiger partial charge on any atom is -0.487 e. The van der Waals surface area contributed by atoms with Gasteiger partial charge in [-0.25, -0.2) is 0 Å². The SMILES string of the molecule is COC(=O)Cc1ccccc1N1CC(N2CCC3(CC2)Cc2cc(Cl)ccc2O3)[C@H](O)C1. The summed E-state index contributed by atoms with van der Waals surface area (Å²) in [6, 6.07) is 13.8. The summed E-state index contributed by atoms with van der Waals surface area (Å²) in [5, 5.41) is 11.7. The Morgan fingerprint density at radius 1 is 1.22 bits per heavy atom. The van der Waals surface area contributed by atoms with E-state index in [-0.39, 0.29) is 24.0 Å². The molecule has 1 N–H and O–H groups in total. The van der Waals surface area contributed by atoms with Crippen molar-refractivity contribution < 1.29 is 19.4 Å². The number of ether oxygens (including phenoxy) is 2. The lowest BCUT2D eigenvalue weighted by Crippen LogP contribution is -2.53. The summed E-state index contributed by atoms with van der Waals surface area (Å²) in [5.41, 5.74) is 2.97. The highest BCUT2D eigenvalue weighted by Gasteiger charge is 2.45. The van der Waals surface area contributed by atoms with Gasteiger partial charge in [0.15, 0.2) is 0 Å². The number of hydrogen-bond acceptors (Lipinski definition) is 6. The molecule has 2 fully saturated rings. The number of carbonyl (C=O) groups excluding carboxylic acids is 1. The van der Waals surface area contributed by atoms with Crippen LogP contribution in [0.1, 0.15) is 24.0 Å². The molecule has 170 valence electrons. The van der Waals surface area contributed by atoms with E-state index in [9.17, 15) is 9.90 Å². The zero-order valence-corrected chi connectivity index (χ0v) is 19.1. The van der Waals surface area contributed by atoms with Crippen molar-refractivity contribution in [2.75, 3.05) is 38.2 Å². The van der Waals surface area contributed by atoms with E-state index in [4.69, 9.17) is 21.1 Å². The van der Waals surface area contributed by atoms with Gasteiger partial charge in [0.05, 0.1) is 25.7 Å². The van der Waals surface area contributed by atoms with Crippen LogP contribution >= 0.6 is 11.6 Å². The highest BCUT2D eigenvalue weighted by atomic mass is 35.5. The van der Waals surface area contributed by atoms with Gasteiger partial charge in [-0.2, -0.15) is 0 Å². The summed E-state index contributed by atoms with van der Waals surface area (Å²) in [6.07, 6.45) is 2.56. The molecule has 0 aromatic heterocycles. The molecule has 2 saturated heterocycles. The standard InChI is InChI=1S/C25H29ClN2O4/c1-31-24(30)13-17-4-2-3-5-20(17)28-15-21(22(29)16-28)27-10-8-25(9-11-27)14-18-12-19(26)6-7-23(18)32-25/h2-7,12,21-22,29H,8-11,13-16H2,1H3/t21?,22-/m1/s1. The lowest BCUT2D eigenvalue weighted by atomic mass is 9.86. The minimum atomic E-state index is -0.435. The second-order valence-corrected chi connectivity index (χ2v) is 9.61. The molecule has 0 saturated carbocycles. The van der Waals surface area contributed by atoms with E-state index in [1.54, 1.807) is 0 Å². The fourth-order valence-electron chi connectivity index (χ4n) is 5.47. The van der Waals surface area contributed by atoms with Crippen LogP contribution in [0.2, 0.25) is 5.02 Å². The fraction of sp³-hybridized carbons (Fsp3) is 0.480. The normalized spacial score (nSPS) is 24.4. The van der Waals surface area contributed by atoms with Gasteiger partial charge in [-0.3, -0.25) is 9.69 Å². The summed E-state index contributed by atoms with van der Waals surface area (Å²) in [6.45, 7) is 3.08. The van der Waals surface area contributed by atoms with Gasteiger partial charge in [0.1, 0.15) is 11.4 Å². The van der Waals surface area contributed by atoms with Gasteiger partial charge < -0.3 is 19.5 Å². The van der Waals surface area contributed by atoms with Crippen molar-refractivity contribution >= 4 is 23.3 Å². The fourth-order valence-corrected chi connectivity index (χ4v) is 5.66. The van der Waals surface area contributed by atoms with Crippen LogP contribution < -0.4 is 9.64 Å². The van der Waals surface area contributed by atoms with Crippen LogP contribution in [0.4, 0.5) is 5.69 Å². The number of benzene rings is 2. The number of nitrogens with zero attached hydrogens (tertiary/aromatic N) is 2. The third kappa shape index (κ3) is 4.07. The number of aliphatic hydroxyl groups is 1. The van der Waals surface area contributed by atoms with E-state index in [1.807, 2.05) is 42.5 Å². The summed E-state index contributed by atoms with van der Waals surface area (Å²) >= 11 is 6.17. The van der Waals surface area contributed by atoms with Gasteiger partial charge >= 0.3 is 5.97 Å². The third-order valence-corrected chi connectivity index (χ3v) is 7.43. The van der Waals surface area contributed by atoms with Crippen LogP contribution in [0.5, 0.6) is 5.75 Å². The summed E-state index contributed by atoms with van der Waals surface area (Å²) < 4.78 is 11.2. The number of halogens is 1. The lowest BCUT2D eigenvalue weighted by Gasteiger charge is -2.41. The lowest BCUT2D eigenvalue weighted by molar-refractivity contribution is -0.139. The number of aliphatic hydroxyl groups excluding tert-OH is 1. The number of fused-ring (bicyclic) bond motifs is 1. The van der Waals surface area contributed by atoms with Crippen LogP contribution in [0.3, 0.4) is 0 Å². The number of hydrogen-bond donors (Lipinski definition) is 1. The maximum atomic E-state index is 11.8. The zero-order chi connectivity index (χ0) is 22.3. The van der Waals surface area contributed by atoms with Gasteiger partial charge in [0.25, 0.3) is 0 Å². The maximum absolute atomic E-state index is 11.8. The Balaban J connectivity index is 1.24. The molecule has 3 aliphatic rings. The minimum absolute atomic E-state index is 0.0664. The monoisotopic (exact) mass is 456 g/mol.